The zero-order chi connectivity index (χ0) is 14.7. The molecule has 6 heteroatoms. The lowest BCUT2D eigenvalue weighted by atomic mass is 10.1. The van der Waals surface area contributed by atoms with Crippen molar-refractivity contribution in [3.05, 3.63) is 63.9 Å². The van der Waals surface area contributed by atoms with Gasteiger partial charge in [-0.15, -0.1) is 0 Å². The minimum absolute atomic E-state index is 0.0172. The van der Waals surface area contributed by atoms with Gasteiger partial charge in [-0.3, -0.25) is 4.79 Å². The molecule has 0 aliphatic carbocycles. The molecule has 0 aliphatic rings. The Hall–Kier alpha value is -1.62. The SMILES string of the molecule is N[C@H](C(=O)Nc1c(Cl)cc(F)cc1Cl)c1ccccc1. The molecule has 3 N–H and O–H groups in total. The summed E-state index contributed by atoms with van der Waals surface area (Å²) >= 11 is 11.7. The van der Waals surface area contributed by atoms with E-state index in [1.54, 1.807) is 24.3 Å². The minimum atomic E-state index is -0.867. The molecule has 0 saturated carbocycles. The smallest absolute Gasteiger partial charge is 0.245 e. The Bertz CT molecular complexity index is 611. The van der Waals surface area contributed by atoms with Gasteiger partial charge in [0.25, 0.3) is 0 Å². The Morgan fingerprint density at radius 2 is 1.70 bits per heavy atom. The lowest BCUT2D eigenvalue weighted by Gasteiger charge is -2.14. The van der Waals surface area contributed by atoms with E-state index in [9.17, 15) is 9.18 Å². The third-order valence-electron chi connectivity index (χ3n) is 2.70. The monoisotopic (exact) mass is 312 g/mol. The number of hydrogen-bond donors (Lipinski definition) is 2. The first-order valence-corrected chi connectivity index (χ1v) is 6.50. The zero-order valence-corrected chi connectivity index (χ0v) is 11.8. The molecule has 0 spiro atoms. The van der Waals surface area contributed by atoms with Crippen LogP contribution in [-0.4, -0.2) is 5.91 Å². The molecule has 0 fully saturated rings. The molecule has 0 heterocycles. The van der Waals surface area contributed by atoms with E-state index in [-0.39, 0.29) is 15.7 Å². The first-order valence-electron chi connectivity index (χ1n) is 5.75. The van der Waals surface area contributed by atoms with Crippen molar-refractivity contribution in [1.29, 1.82) is 0 Å². The maximum Gasteiger partial charge on any atom is 0.245 e. The van der Waals surface area contributed by atoms with Crippen LogP contribution in [0.25, 0.3) is 0 Å². The van der Waals surface area contributed by atoms with Crippen LogP contribution in [0.1, 0.15) is 11.6 Å². The molecule has 0 bridgehead atoms. The molecule has 1 atom stereocenters. The summed E-state index contributed by atoms with van der Waals surface area (Å²) in [5.74, 6) is -1.06. The standard InChI is InChI=1S/C14H11Cl2FN2O/c15-10-6-9(17)7-11(16)13(10)19-14(20)12(18)8-4-2-1-3-5-8/h1-7,12H,18H2,(H,19,20)/t12-/m0/s1. The van der Waals surface area contributed by atoms with Gasteiger partial charge >= 0.3 is 0 Å². The highest BCUT2D eigenvalue weighted by molar-refractivity contribution is 6.39. The Kier molecular flexibility index (Phi) is 4.60. The number of nitrogens with two attached hydrogens (primary N) is 1. The van der Waals surface area contributed by atoms with Gasteiger partial charge in [0, 0.05) is 0 Å². The second-order valence-corrected chi connectivity index (χ2v) is 4.94. The number of benzene rings is 2. The first-order chi connectivity index (χ1) is 9.49. The number of carbonyl (C=O) groups is 1. The molecule has 104 valence electrons. The fourth-order valence-corrected chi connectivity index (χ4v) is 2.23. The van der Waals surface area contributed by atoms with E-state index < -0.39 is 17.8 Å². The van der Waals surface area contributed by atoms with Crippen molar-refractivity contribution in [2.24, 2.45) is 5.73 Å². The fourth-order valence-electron chi connectivity index (χ4n) is 1.67. The molecule has 0 radical (unpaired) electrons. The molecule has 2 rings (SSSR count). The van der Waals surface area contributed by atoms with Crippen molar-refractivity contribution in [2.45, 2.75) is 6.04 Å². The summed E-state index contributed by atoms with van der Waals surface area (Å²) in [5, 5.41) is 2.54. The van der Waals surface area contributed by atoms with Crippen LogP contribution in [0, 0.1) is 5.82 Å². The predicted molar refractivity (Wildman–Crippen MR) is 78.4 cm³/mol. The van der Waals surface area contributed by atoms with Gasteiger partial charge in [0.05, 0.1) is 15.7 Å². The van der Waals surface area contributed by atoms with Crippen LogP contribution in [0.4, 0.5) is 10.1 Å². The molecule has 3 nitrogen and oxygen atoms in total. The first kappa shape index (κ1) is 14.8. The van der Waals surface area contributed by atoms with E-state index in [2.05, 4.69) is 5.32 Å². The Balaban J connectivity index is 2.20. The molecule has 0 aliphatic heterocycles. The Labute approximate surface area is 125 Å². The van der Waals surface area contributed by atoms with Gasteiger partial charge in [-0.25, -0.2) is 4.39 Å². The Morgan fingerprint density at radius 3 is 2.25 bits per heavy atom. The van der Waals surface area contributed by atoms with Crippen molar-refractivity contribution in [3.8, 4) is 0 Å². The molecule has 2 aromatic rings. The number of rotatable bonds is 3. The van der Waals surface area contributed by atoms with Crippen molar-refractivity contribution in [3.63, 3.8) is 0 Å². The van der Waals surface area contributed by atoms with Gasteiger partial charge in [0.2, 0.25) is 5.91 Å². The summed E-state index contributed by atoms with van der Waals surface area (Å²) in [5.41, 5.74) is 6.64. The lowest BCUT2D eigenvalue weighted by molar-refractivity contribution is -0.117. The molecule has 20 heavy (non-hydrogen) atoms. The highest BCUT2D eigenvalue weighted by atomic mass is 35.5. The van der Waals surface area contributed by atoms with Gasteiger partial charge < -0.3 is 11.1 Å². The summed E-state index contributed by atoms with van der Waals surface area (Å²) in [6.45, 7) is 0. The van der Waals surface area contributed by atoms with Crippen molar-refractivity contribution >= 4 is 34.8 Å². The van der Waals surface area contributed by atoms with Crippen molar-refractivity contribution < 1.29 is 9.18 Å². The molecule has 0 aromatic heterocycles. The minimum Gasteiger partial charge on any atom is -0.322 e. The molecule has 1 amide bonds. The number of amides is 1. The fraction of sp³-hybridized carbons (Fsp3) is 0.0714. The summed E-state index contributed by atoms with van der Waals surface area (Å²) < 4.78 is 13.1. The van der Waals surface area contributed by atoms with Crippen LogP contribution in [-0.2, 0) is 4.79 Å². The average Bonchev–Trinajstić information content (AvgIpc) is 2.42. The van der Waals surface area contributed by atoms with E-state index in [4.69, 9.17) is 28.9 Å². The second kappa shape index (κ2) is 6.22. The van der Waals surface area contributed by atoms with E-state index in [0.717, 1.165) is 12.1 Å². The van der Waals surface area contributed by atoms with E-state index in [0.29, 0.717) is 5.56 Å². The van der Waals surface area contributed by atoms with Crippen LogP contribution < -0.4 is 11.1 Å². The van der Waals surface area contributed by atoms with Crippen LogP contribution in [0.5, 0.6) is 0 Å². The van der Waals surface area contributed by atoms with Crippen LogP contribution in [0.3, 0.4) is 0 Å². The quantitative estimate of drug-likeness (QED) is 0.906. The summed E-state index contributed by atoms with van der Waals surface area (Å²) in [6.07, 6.45) is 0. The lowest BCUT2D eigenvalue weighted by Crippen LogP contribution is -2.27. The molecule has 2 aromatic carbocycles. The summed E-state index contributed by atoms with van der Waals surface area (Å²) in [6, 6.07) is 10.1. The summed E-state index contributed by atoms with van der Waals surface area (Å²) in [7, 11) is 0. The number of carbonyl (C=O) groups excluding carboxylic acids is 1. The van der Waals surface area contributed by atoms with Crippen molar-refractivity contribution in [2.75, 3.05) is 5.32 Å². The predicted octanol–water partition coefficient (Wildman–Crippen LogP) is 3.77. The molecular weight excluding hydrogens is 302 g/mol. The van der Waals surface area contributed by atoms with Gasteiger partial charge in [0.1, 0.15) is 11.9 Å². The Morgan fingerprint density at radius 1 is 1.15 bits per heavy atom. The molecule has 0 saturated heterocycles. The highest BCUT2D eigenvalue weighted by Crippen LogP contribution is 2.31. The van der Waals surface area contributed by atoms with Crippen LogP contribution >= 0.6 is 23.2 Å². The third kappa shape index (κ3) is 3.28. The van der Waals surface area contributed by atoms with Gasteiger partial charge in [-0.05, 0) is 17.7 Å². The molecule has 0 unspecified atom stereocenters. The summed E-state index contributed by atoms with van der Waals surface area (Å²) in [4.78, 5) is 12.1. The van der Waals surface area contributed by atoms with Gasteiger partial charge in [-0.2, -0.15) is 0 Å². The largest absolute Gasteiger partial charge is 0.322 e. The number of halogens is 3. The number of nitrogens with one attached hydrogen (secondary N) is 1. The number of hydrogen-bond acceptors (Lipinski definition) is 2. The maximum absolute atomic E-state index is 13.1. The maximum atomic E-state index is 13.1. The highest BCUT2D eigenvalue weighted by Gasteiger charge is 2.18. The topological polar surface area (TPSA) is 55.1 Å². The van der Waals surface area contributed by atoms with Gasteiger partial charge in [0.15, 0.2) is 0 Å². The van der Waals surface area contributed by atoms with E-state index in [1.807, 2.05) is 6.07 Å². The third-order valence-corrected chi connectivity index (χ3v) is 3.29. The zero-order valence-electron chi connectivity index (χ0n) is 10.2. The molecular formula is C14H11Cl2FN2O. The van der Waals surface area contributed by atoms with E-state index in [1.165, 1.54) is 0 Å². The number of anilines is 1. The average molecular weight is 313 g/mol. The second-order valence-electron chi connectivity index (χ2n) is 4.12. The van der Waals surface area contributed by atoms with Gasteiger partial charge in [-0.1, -0.05) is 53.5 Å². The van der Waals surface area contributed by atoms with Crippen molar-refractivity contribution in [1.82, 2.24) is 0 Å². The van der Waals surface area contributed by atoms with Crippen LogP contribution in [0.2, 0.25) is 10.0 Å². The van der Waals surface area contributed by atoms with Crippen LogP contribution in [0.15, 0.2) is 42.5 Å². The normalized spacial score (nSPS) is 12.0. The van der Waals surface area contributed by atoms with E-state index >= 15 is 0 Å².